The van der Waals surface area contributed by atoms with Gasteiger partial charge in [0.2, 0.25) is 0 Å². The van der Waals surface area contributed by atoms with Crippen molar-refractivity contribution in [1.29, 1.82) is 0 Å². The van der Waals surface area contributed by atoms with Gasteiger partial charge in [-0.25, -0.2) is 4.98 Å². The monoisotopic (exact) mass is 495 g/mol. The number of carbonyl (C=O) groups is 1. The normalized spacial score (nSPS) is 14.2. The van der Waals surface area contributed by atoms with Crippen molar-refractivity contribution in [3.05, 3.63) is 52.5 Å². The van der Waals surface area contributed by atoms with Crippen molar-refractivity contribution < 1.29 is 14.3 Å². The minimum Gasteiger partial charge on any atom is -0.484 e. The molecule has 1 fully saturated rings. The van der Waals surface area contributed by atoms with Crippen molar-refractivity contribution in [1.82, 2.24) is 9.88 Å². The number of morpholine rings is 1. The number of carbonyl (C=O) groups excluding carboxylic acids is 1. The van der Waals surface area contributed by atoms with E-state index in [1.807, 2.05) is 50.2 Å². The minimum atomic E-state index is -0.123. The number of rotatable bonds is 7. The van der Waals surface area contributed by atoms with Crippen LogP contribution in [0, 0.1) is 13.8 Å². The van der Waals surface area contributed by atoms with Crippen LogP contribution >= 0.6 is 35.3 Å². The summed E-state index contributed by atoms with van der Waals surface area (Å²) >= 11 is 7.85. The summed E-state index contributed by atoms with van der Waals surface area (Å²) in [5, 5.41) is 1.30. The van der Waals surface area contributed by atoms with E-state index in [2.05, 4.69) is 4.90 Å². The Morgan fingerprint density at radius 2 is 2.03 bits per heavy atom. The molecule has 1 aromatic heterocycles. The molecule has 3 aromatic rings. The maximum atomic E-state index is 13.2. The van der Waals surface area contributed by atoms with Gasteiger partial charge in [0.25, 0.3) is 5.91 Å². The van der Waals surface area contributed by atoms with Gasteiger partial charge in [-0.15, -0.1) is 12.4 Å². The number of anilines is 1. The second-order valence-corrected chi connectivity index (χ2v) is 9.03. The molecule has 1 aliphatic rings. The number of benzene rings is 2. The molecule has 172 valence electrons. The highest BCUT2D eigenvalue weighted by atomic mass is 35.5. The standard InChI is InChI=1S/C23H26ClN3O3S.ClH/c1-16-4-3-5-18(14-16)30-15-20(28)27(9-8-26-10-12-29-13-11-26)23-25-21-17(2)6-7-19(24)22(21)31-23;/h3-7,14H,8-13,15H2,1-2H3;1H. The lowest BCUT2D eigenvalue weighted by Crippen LogP contribution is -2.44. The predicted octanol–water partition coefficient (Wildman–Crippen LogP) is 4.73. The Labute approximate surface area is 203 Å². The maximum absolute atomic E-state index is 13.2. The SMILES string of the molecule is Cc1cccc(OCC(=O)N(CCN2CCOCC2)c2nc3c(C)ccc(Cl)c3s2)c1.Cl. The molecule has 1 saturated heterocycles. The Bertz CT molecular complexity index is 1030. The van der Waals surface area contributed by atoms with Gasteiger partial charge in [0.1, 0.15) is 5.75 Å². The van der Waals surface area contributed by atoms with Crippen LogP contribution in [-0.4, -0.2) is 61.8 Å². The van der Waals surface area contributed by atoms with Gasteiger partial charge in [0.15, 0.2) is 11.7 Å². The molecular weight excluding hydrogens is 469 g/mol. The molecule has 4 rings (SSSR count). The number of hydrogen-bond donors (Lipinski definition) is 0. The van der Waals surface area contributed by atoms with Gasteiger partial charge in [-0.05, 0) is 43.2 Å². The summed E-state index contributed by atoms with van der Waals surface area (Å²) in [4.78, 5) is 22.0. The molecule has 1 amide bonds. The van der Waals surface area contributed by atoms with E-state index in [1.54, 1.807) is 4.90 Å². The molecule has 0 atom stereocenters. The highest BCUT2D eigenvalue weighted by molar-refractivity contribution is 7.23. The molecule has 0 saturated carbocycles. The molecule has 0 bridgehead atoms. The van der Waals surface area contributed by atoms with E-state index >= 15 is 0 Å². The van der Waals surface area contributed by atoms with Crippen molar-refractivity contribution >= 4 is 56.6 Å². The molecule has 6 nitrogen and oxygen atoms in total. The van der Waals surface area contributed by atoms with Crippen LogP contribution in [0.5, 0.6) is 5.75 Å². The topological polar surface area (TPSA) is 54.9 Å². The molecule has 0 N–H and O–H groups in total. The average Bonchev–Trinajstić information content (AvgIpc) is 3.22. The first-order chi connectivity index (χ1) is 15.0. The first-order valence-electron chi connectivity index (χ1n) is 10.4. The first kappa shape index (κ1) is 24.7. The number of thiazole rings is 1. The third-order valence-corrected chi connectivity index (χ3v) is 6.85. The second kappa shape index (κ2) is 11.3. The lowest BCUT2D eigenvalue weighted by molar-refractivity contribution is -0.120. The van der Waals surface area contributed by atoms with Gasteiger partial charge in [-0.3, -0.25) is 14.6 Å². The summed E-state index contributed by atoms with van der Waals surface area (Å²) in [6.45, 7) is 8.42. The number of amides is 1. The van der Waals surface area contributed by atoms with E-state index in [-0.39, 0.29) is 24.9 Å². The molecule has 0 radical (unpaired) electrons. The Morgan fingerprint density at radius 1 is 1.25 bits per heavy atom. The Hall–Kier alpha value is -1.90. The third-order valence-electron chi connectivity index (χ3n) is 5.31. The number of aryl methyl sites for hydroxylation is 2. The zero-order valence-corrected chi connectivity index (χ0v) is 20.6. The molecule has 32 heavy (non-hydrogen) atoms. The zero-order valence-electron chi connectivity index (χ0n) is 18.2. The molecular formula is C23H27Cl2N3O3S. The number of aromatic nitrogens is 1. The summed E-state index contributed by atoms with van der Waals surface area (Å²) < 4.78 is 12.1. The molecule has 9 heteroatoms. The predicted molar refractivity (Wildman–Crippen MR) is 133 cm³/mol. The van der Waals surface area contributed by atoms with Crippen molar-refractivity contribution in [3.8, 4) is 5.75 Å². The van der Waals surface area contributed by atoms with E-state index in [0.717, 1.165) is 54.2 Å². The van der Waals surface area contributed by atoms with E-state index in [4.69, 9.17) is 26.1 Å². The van der Waals surface area contributed by atoms with Crippen LogP contribution in [0.25, 0.3) is 10.2 Å². The highest BCUT2D eigenvalue weighted by Crippen LogP contribution is 2.35. The van der Waals surface area contributed by atoms with Crippen LogP contribution in [0.1, 0.15) is 11.1 Å². The van der Waals surface area contributed by atoms with Gasteiger partial charge in [-0.1, -0.05) is 41.1 Å². The summed E-state index contributed by atoms with van der Waals surface area (Å²) in [6, 6.07) is 11.5. The van der Waals surface area contributed by atoms with Crippen LogP contribution in [0.2, 0.25) is 5.02 Å². The highest BCUT2D eigenvalue weighted by Gasteiger charge is 2.23. The quantitative estimate of drug-likeness (QED) is 0.474. The van der Waals surface area contributed by atoms with Crippen LogP contribution in [-0.2, 0) is 9.53 Å². The maximum Gasteiger partial charge on any atom is 0.266 e. The molecule has 2 heterocycles. The lowest BCUT2D eigenvalue weighted by atomic mass is 10.2. The number of nitrogens with zero attached hydrogens (tertiary/aromatic N) is 3. The number of halogens is 2. The van der Waals surface area contributed by atoms with E-state index in [1.165, 1.54) is 11.3 Å². The molecule has 0 aliphatic carbocycles. The fraction of sp³-hybridized carbons (Fsp3) is 0.391. The summed E-state index contributed by atoms with van der Waals surface area (Å²) in [6.07, 6.45) is 0. The Morgan fingerprint density at radius 3 is 2.75 bits per heavy atom. The number of ether oxygens (including phenoxy) is 2. The van der Waals surface area contributed by atoms with Gasteiger partial charge in [-0.2, -0.15) is 0 Å². The number of fused-ring (bicyclic) bond motifs is 1. The molecule has 0 unspecified atom stereocenters. The van der Waals surface area contributed by atoms with E-state index in [9.17, 15) is 4.79 Å². The average molecular weight is 496 g/mol. The Balaban J connectivity index is 0.00000289. The number of hydrogen-bond acceptors (Lipinski definition) is 6. The largest absolute Gasteiger partial charge is 0.484 e. The zero-order chi connectivity index (χ0) is 21.8. The van der Waals surface area contributed by atoms with Crippen molar-refractivity contribution in [2.24, 2.45) is 0 Å². The molecule has 0 spiro atoms. The van der Waals surface area contributed by atoms with Gasteiger partial charge < -0.3 is 9.47 Å². The van der Waals surface area contributed by atoms with Crippen LogP contribution in [0.4, 0.5) is 5.13 Å². The minimum absolute atomic E-state index is 0. The fourth-order valence-electron chi connectivity index (χ4n) is 3.53. The fourth-order valence-corrected chi connectivity index (χ4v) is 4.89. The lowest BCUT2D eigenvalue weighted by Gasteiger charge is -2.29. The van der Waals surface area contributed by atoms with Crippen LogP contribution < -0.4 is 9.64 Å². The van der Waals surface area contributed by atoms with Gasteiger partial charge in [0.05, 0.1) is 28.5 Å². The Kier molecular flexibility index (Phi) is 8.73. The van der Waals surface area contributed by atoms with Crippen LogP contribution in [0.15, 0.2) is 36.4 Å². The van der Waals surface area contributed by atoms with E-state index < -0.39 is 0 Å². The van der Waals surface area contributed by atoms with E-state index in [0.29, 0.717) is 22.4 Å². The summed E-state index contributed by atoms with van der Waals surface area (Å²) in [5.74, 6) is 0.562. The van der Waals surface area contributed by atoms with Crippen molar-refractivity contribution in [2.75, 3.05) is 50.9 Å². The second-order valence-electron chi connectivity index (χ2n) is 7.64. The van der Waals surface area contributed by atoms with Gasteiger partial charge in [0, 0.05) is 26.2 Å². The first-order valence-corrected chi connectivity index (χ1v) is 11.6. The van der Waals surface area contributed by atoms with Crippen molar-refractivity contribution in [3.63, 3.8) is 0 Å². The van der Waals surface area contributed by atoms with Gasteiger partial charge >= 0.3 is 0 Å². The van der Waals surface area contributed by atoms with Crippen molar-refractivity contribution in [2.45, 2.75) is 13.8 Å². The smallest absolute Gasteiger partial charge is 0.266 e. The van der Waals surface area contributed by atoms with Crippen LogP contribution in [0.3, 0.4) is 0 Å². The third kappa shape index (κ3) is 5.91. The summed E-state index contributed by atoms with van der Waals surface area (Å²) in [5.41, 5.74) is 2.97. The molecule has 2 aromatic carbocycles. The summed E-state index contributed by atoms with van der Waals surface area (Å²) in [7, 11) is 0. The molecule has 1 aliphatic heterocycles.